The van der Waals surface area contributed by atoms with Crippen LogP contribution in [0.25, 0.3) is 0 Å². The summed E-state index contributed by atoms with van der Waals surface area (Å²) in [5.41, 5.74) is -8.00. The molecule has 0 saturated carbocycles. The van der Waals surface area contributed by atoms with Crippen LogP contribution in [0.1, 0.15) is 218 Å². The summed E-state index contributed by atoms with van der Waals surface area (Å²) >= 11 is 0. The van der Waals surface area contributed by atoms with Gasteiger partial charge in [-0.05, 0) is 116 Å². The molecule has 0 heterocycles. The molecule has 0 aromatic heterocycles. The van der Waals surface area contributed by atoms with Gasteiger partial charge >= 0.3 is 30.9 Å². The third-order valence-electron chi connectivity index (χ3n) is 16.0. The minimum atomic E-state index is -5.16. The van der Waals surface area contributed by atoms with E-state index in [4.69, 9.17) is 47.4 Å². The van der Waals surface area contributed by atoms with Gasteiger partial charge in [-0.15, -0.1) is 0 Å². The van der Waals surface area contributed by atoms with E-state index >= 15 is 65.9 Å². The Labute approximate surface area is 545 Å². The second kappa shape index (κ2) is 28.0. The average molecular weight is 1370 g/mol. The molecule has 5 aromatic carbocycles. The van der Waals surface area contributed by atoms with Crippen LogP contribution < -0.4 is 23.7 Å². The molecule has 1 aliphatic rings. The molecule has 0 N–H and O–H groups in total. The highest BCUT2D eigenvalue weighted by atomic mass is 19.4. The number of fused-ring (bicyclic) bond motifs is 10. The van der Waals surface area contributed by atoms with Crippen LogP contribution in [0.15, 0.2) is 60.7 Å². The van der Waals surface area contributed by atoms with Gasteiger partial charge in [-0.1, -0.05) is 104 Å². The normalized spacial score (nSPS) is 18.2. The summed E-state index contributed by atoms with van der Waals surface area (Å²) in [4.78, 5) is 0. The summed E-state index contributed by atoms with van der Waals surface area (Å²) < 4.78 is 288. The van der Waals surface area contributed by atoms with Crippen molar-refractivity contribution in [1.29, 1.82) is 0 Å². The van der Waals surface area contributed by atoms with Gasteiger partial charge < -0.3 is 47.4 Å². The van der Waals surface area contributed by atoms with Crippen molar-refractivity contribution in [3.05, 3.63) is 144 Å². The van der Waals surface area contributed by atoms with E-state index in [2.05, 4.69) is 0 Å². The monoisotopic (exact) mass is 1370 g/mol. The van der Waals surface area contributed by atoms with Crippen LogP contribution in [0.3, 0.4) is 0 Å². The average Bonchev–Trinajstić information content (AvgIpc) is 0.745. The topological polar surface area (TPSA) is 92.3 Å². The molecule has 0 aliphatic heterocycles. The molecule has 6 rings (SSSR count). The maximum Gasteiger partial charge on any atom is 0.411 e. The fourth-order valence-corrected chi connectivity index (χ4v) is 11.3. The van der Waals surface area contributed by atoms with Gasteiger partial charge in [-0.3, -0.25) is 0 Å². The van der Waals surface area contributed by atoms with Crippen LogP contribution in [-0.2, 0) is 50.8 Å². The number of alkyl halides is 15. The lowest BCUT2D eigenvalue weighted by molar-refractivity contribution is -0.183. The summed E-state index contributed by atoms with van der Waals surface area (Å²) in [5, 5.41) is 0. The molecular weight excluding hydrogens is 1290 g/mol. The molecule has 10 nitrogen and oxygen atoms in total. The molecule has 0 unspecified atom stereocenters. The Balaban J connectivity index is 2.17. The molecule has 5 aromatic rings. The van der Waals surface area contributed by atoms with Crippen LogP contribution in [0.5, 0.6) is 28.7 Å². The van der Waals surface area contributed by atoms with E-state index in [9.17, 15) is 0 Å². The molecule has 0 saturated heterocycles. The van der Waals surface area contributed by atoms with E-state index in [0.29, 0.717) is 0 Å². The first kappa shape index (κ1) is 77.9. The first-order valence-corrected chi connectivity index (χ1v) is 30.2. The zero-order chi connectivity index (χ0) is 72.1. The van der Waals surface area contributed by atoms with E-state index < -0.39 is 150 Å². The van der Waals surface area contributed by atoms with Gasteiger partial charge in [0.2, 0.25) is 0 Å². The minimum absolute atomic E-state index is 0.191. The van der Waals surface area contributed by atoms with E-state index in [1.165, 1.54) is 60.7 Å². The van der Waals surface area contributed by atoms with Gasteiger partial charge in [0.05, 0.1) is 35.5 Å². The van der Waals surface area contributed by atoms with Crippen molar-refractivity contribution < 1.29 is 113 Å². The summed E-state index contributed by atoms with van der Waals surface area (Å²) in [6.45, 7) is 14.8. The molecule has 25 heteroatoms. The first-order valence-electron chi connectivity index (χ1n) is 30.2. The van der Waals surface area contributed by atoms with Crippen molar-refractivity contribution >= 4 is 0 Å². The molecule has 1 aliphatic carbocycles. The zero-order valence-electron chi connectivity index (χ0n) is 56.9. The predicted molar refractivity (Wildman–Crippen MR) is 328 cm³/mol. The maximum atomic E-state index is 15.1. The van der Waals surface area contributed by atoms with Crippen LogP contribution in [0.2, 0.25) is 0 Å². The first-order chi connectivity index (χ1) is 43.2. The fraction of sp³-hybridized carbons (Fsp3) is 0.571. The molecular formula is C70H85F15O10. The molecule has 0 fully saturated rings. The number of hydrogen-bond acceptors (Lipinski definition) is 10. The van der Waals surface area contributed by atoms with Crippen LogP contribution in [-0.4, -0.2) is 99.5 Å². The standard InChI is InChI=1S/C70H85F15O10/c1-61(2,3)36-21-41-51(86-16)42(22-36)57(92-32-67(74,75)76)44-24-38(63(7,8)9)26-46(53(44)88-18)59(94-34-69(80,81)82)48-28-40(65(13,14)15)30-50(55(48)90-20)60(95-35-70(83,84)85)49-29-39(64(10,11)12)27-47(54(49)89-19)58(93-33-68(77,78)79)45-25-37(62(4,5)6)23-43(52(45)87-17)56(41)91-31-66(71,72)73/h21-30,56-60H,31-35H2,1-20H3. The highest BCUT2D eigenvalue weighted by Gasteiger charge is 2.45. The largest absolute Gasteiger partial charge is 0.496 e. The van der Waals surface area contributed by atoms with Gasteiger partial charge in [0.25, 0.3) is 0 Å². The van der Waals surface area contributed by atoms with Gasteiger partial charge in [-0.2, -0.15) is 65.9 Å². The zero-order valence-corrected chi connectivity index (χ0v) is 56.9. The van der Waals surface area contributed by atoms with Crippen LogP contribution in [0.4, 0.5) is 65.9 Å². The molecule has 0 atom stereocenters. The van der Waals surface area contributed by atoms with E-state index in [-0.39, 0.29) is 83.5 Å². The summed E-state index contributed by atoms with van der Waals surface area (Å²) in [6, 6.07) is 13.8. The lowest BCUT2D eigenvalue weighted by atomic mass is 9.77. The lowest BCUT2D eigenvalue weighted by Gasteiger charge is -2.35. The molecule has 0 radical (unpaired) electrons. The Morgan fingerprint density at radius 3 is 0.400 bits per heavy atom. The Morgan fingerprint density at radius 1 is 0.221 bits per heavy atom. The van der Waals surface area contributed by atoms with Crippen molar-refractivity contribution in [3.8, 4) is 28.7 Å². The Bertz CT molecular complexity index is 2840. The van der Waals surface area contributed by atoms with Crippen molar-refractivity contribution in [1.82, 2.24) is 0 Å². The van der Waals surface area contributed by atoms with Crippen molar-refractivity contribution in [3.63, 3.8) is 0 Å². The van der Waals surface area contributed by atoms with Crippen molar-refractivity contribution in [2.24, 2.45) is 0 Å². The number of ether oxygens (including phenoxy) is 10. The van der Waals surface area contributed by atoms with Crippen LogP contribution >= 0.6 is 0 Å². The second-order valence-corrected chi connectivity index (χ2v) is 28.7. The Kier molecular flexibility index (Phi) is 22.9. The van der Waals surface area contributed by atoms with Gasteiger partial charge in [0.1, 0.15) is 92.3 Å². The molecule has 95 heavy (non-hydrogen) atoms. The summed E-state index contributed by atoms with van der Waals surface area (Å²) in [5.74, 6) is -2.39. The van der Waals surface area contributed by atoms with E-state index in [1.807, 2.05) is 0 Å². The van der Waals surface area contributed by atoms with E-state index in [0.717, 1.165) is 35.5 Å². The predicted octanol–water partition coefficient (Wildman–Crippen LogP) is 19.9. The Morgan fingerprint density at radius 2 is 0.326 bits per heavy atom. The van der Waals surface area contributed by atoms with Crippen molar-refractivity contribution in [2.75, 3.05) is 68.6 Å². The number of benzene rings is 5. The quantitative estimate of drug-likeness (QED) is 0.0944. The molecule has 0 amide bonds. The fourth-order valence-electron chi connectivity index (χ4n) is 11.3. The second-order valence-electron chi connectivity index (χ2n) is 28.7. The Hall–Kier alpha value is -6.15. The lowest BCUT2D eigenvalue weighted by Crippen LogP contribution is -2.26. The van der Waals surface area contributed by atoms with Gasteiger partial charge in [-0.25, -0.2) is 0 Å². The number of hydrogen-bond donors (Lipinski definition) is 0. The maximum absolute atomic E-state index is 15.1. The smallest absolute Gasteiger partial charge is 0.411 e. The summed E-state index contributed by atoms with van der Waals surface area (Å²) in [7, 11) is 5.32. The van der Waals surface area contributed by atoms with Crippen molar-refractivity contribution in [2.45, 2.75) is 192 Å². The summed E-state index contributed by atoms with van der Waals surface area (Å²) in [6.07, 6.45) is -36.5. The molecule has 0 spiro atoms. The molecule has 530 valence electrons. The van der Waals surface area contributed by atoms with Gasteiger partial charge in [0, 0.05) is 55.6 Å². The third kappa shape index (κ3) is 19.2. The third-order valence-corrected chi connectivity index (χ3v) is 16.0. The molecule has 10 bridgehead atoms. The number of halogens is 15. The SMILES string of the molecule is COc1c2cc(C(C)(C)C)cc1C(OCC(F)(F)F)c1cc(C(C)(C)C)cc(c1OC)C(OCC(F)(F)F)c1cc(C(C)(C)C)cc(c1OC)C(OCC(F)(F)F)c1cc(C(C)(C)C)cc(c1OC)C(OCC(F)(F)F)c1cc(C(C)(C)C)cc(c1OC)C2OCC(F)(F)F. The van der Waals surface area contributed by atoms with Crippen LogP contribution in [0, 0.1) is 0 Å². The van der Waals surface area contributed by atoms with Gasteiger partial charge in [0.15, 0.2) is 0 Å². The highest BCUT2D eigenvalue weighted by molar-refractivity contribution is 5.64. The number of rotatable bonds is 15. The van der Waals surface area contributed by atoms with E-state index in [1.54, 1.807) is 104 Å². The minimum Gasteiger partial charge on any atom is -0.496 e. The highest BCUT2D eigenvalue weighted by Crippen LogP contribution is 2.56. The number of methoxy groups -OCH3 is 5.